The second-order valence-electron chi connectivity index (χ2n) is 8.91. The summed E-state index contributed by atoms with van der Waals surface area (Å²) >= 11 is -0.866. The molecule has 4 aliphatic rings. The summed E-state index contributed by atoms with van der Waals surface area (Å²) in [7, 11) is 0. The quantitative estimate of drug-likeness (QED) is 0.479. The van der Waals surface area contributed by atoms with Crippen LogP contribution in [0.25, 0.3) is 0 Å². The van der Waals surface area contributed by atoms with Gasteiger partial charge in [-0.1, -0.05) is 0 Å². The number of nitrogens with one attached hydrogen (secondary N) is 1. The number of ether oxygens (including phenoxy) is 2. The van der Waals surface area contributed by atoms with E-state index in [4.69, 9.17) is 19.4 Å². The van der Waals surface area contributed by atoms with Gasteiger partial charge in [-0.15, -0.1) is 0 Å². The maximum atomic E-state index is 12.4. The Balaban J connectivity index is 1.24. The highest BCUT2D eigenvalue weighted by molar-refractivity contribution is 7.92. The fourth-order valence-corrected chi connectivity index (χ4v) is 6.00. The molecule has 0 bridgehead atoms. The summed E-state index contributed by atoms with van der Waals surface area (Å²) in [5, 5.41) is 3.46. The molecule has 32 heavy (non-hydrogen) atoms. The van der Waals surface area contributed by atoms with Crippen LogP contribution in [0.1, 0.15) is 31.9 Å². The van der Waals surface area contributed by atoms with E-state index >= 15 is 0 Å². The van der Waals surface area contributed by atoms with Crippen LogP contribution in [0.4, 0.5) is 11.8 Å². The van der Waals surface area contributed by atoms with Crippen molar-refractivity contribution in [1.29, 1.82) is 0 Å². The molecule has 11 heteroatoms. The second-order valence-corrected chi connectivity index (χ2v) is 10.5. The zero-order valence-electron chi connectivity index (χ0n) is 18.3. The van der Waals surface area contributed by atoms with E-state index in [1.54, 1.807) is 6.92 Å². The van der Waals surface area contributed by atoms with Crippen molar-refractivity contribution in [2.45, 2.75) is 49.6 Å². The van der Waals surface area contributed by atoms with E-state index in [1.807, 2.05) is 9.80 Å². The van der Waals surface area contributed by atoms with Crippen molar-refractivity contribution in [2.24, 2.45) is 5.92 Å². The van der Waals surface area contributed by atoms with E-state index < -0.39 is 11.2 Å². The van der Waals surface area contributed by atoms with E-state index in [-0.39, 0.29) is 29.9 Å². The molecule has 0 saturated carbocycles. The normalized spacial score (nSPS) is 26.1. The van der Waals surface area contributed by atoms with Crippen LogP contribution in [-0.4, -0.2) is 88.6 Å². The Morgan fingerprint density at radius 2 is 1.97 bits per heavy atom. The molecule has 2 atom stereocenters. The van der Waals surface area contributed by atoms with Crippen LogP contribution >= 0.6 is 0 Å². The van der Waals surface area contributed by atoms with Gasteiger partial charge in [0.2, 0.25) is 11.9 Å². The number of anilines is 2. The van der Waals surface area contributed by atoms with Gasteiger partial charge in [0.1, 0.15) is 11.8 Å². The Bertz CT molecular complexity index is 890. The maximum absolute atomic E-state index is 12.4. The Hall–Kier alpha value is -2.11. The van der Waals surface area contributed by atoms with E-state index in [9.17, 15) is 14.1 Å². The number of carbonyl (C=O) groups excluding carboxylic acids is 2. The molecule has 0 spiro atoms. The van der Waals surface area contributed by atoms with Crippen LogP contribution in [0.2, 0.25) is 0 Å². The van der Waals surface area contributed by atoms with Crippen LogP contribution in [-0.2, 0) is 36.7 Å². The largest absolute Gasteiger partial charge is 0.458 e. The van der Waals surface area contributed by atoms with Gasteiger partial charge in [-0.05, 0) is 19.3 Å². The highest BCUT2D eigenvalue weighted by atomic mass is 32.2. The molecule has 1 amide bonds. The first-order valence-corrected chi connectivity index (χ1v) is 12.7. The molecule has 4 aliphatic heterocycles. The molecular formula is C21H30N5O5S+. The van der Waals surface area contributed by atoms with Crippen molar-refractivity contribution in [3.63, 3.8) is 0 Å². The topological polar surface area (TPSA) is 117 Å². The average molecular weight is 465 g/mol. The molecule has 174 valence electrons. The smallest absolute Gasteiger partial charge is 0.309 e. The van der Waals surface area contributed by atoms with Crippen molar-refractivity contribution in [1.82, 2.24) is 14.9 Å². The number of esters is 1. The number of carbonyl (C=O) groups is 2. The van der Waals surface area contributed by atoms with Gasteiger partial charge in [0.15, 0.2) is 22.7 Å². The Kier molecular flexibility index (Phi) is 6.13. The summed E-state index contributed by atoms with van der Waals surface area (Å²) < 4.78 is 21.5. The standard InChI is InChI=1S/C21H30N5O5S/c1-13(27)25-6-2-15(10-25)22-19-18-17(5-9-32(18)29)23-21(24-19)26-11-16(12-26)31-20(28)14-3-7-30-8-4-14/h14-16,29H,2-12H2,1H3,(H,22,23,24)/q+1/t15-,32?/m0/s1. The minimum absolute atomic E-state index is 0.0618. The summed E-state index contributed by atoms with van der Waals surface area (Å²) in [5.41, 5.74) is 0.882. The summed E-state index contributed by atoms with van der Waals surface area (Å²) in [6, 6.07) is 0.105. The first kappa shape index (κ1) is 21.7. The lowest BCUT2D eigenvalue weighted by molar-refractivity contribution is -0.158. The SMILES string of the molecule is CC(=O)N1CC[C@H](Nc2nc(N3CC(OC(=O)C4CCOCC4)C3)nc3c2[S+](O)CC3)C1. The molecule has 1 aromatic rings. The predicted molar refractivity (Wildman–Crippen MR) is 119 cm³/mol. The molecule has 0 radical (unpaired) electrons. The minimum Gasteiger partial charge on any atom is -0.458 e. The van der Waals surface area contributed by atoms with Crippen LogP contribution in [0.15, 0.2) is 4.90 Å². The van der Waals surface area contributed by atoms with Gasteiger partial charge in [-0.2, -0.15) is 9.54 Å². The molecule has 10 nitrogen and oxygen atoms in total. The minimum atomic E-state index is -0.866. The number of rotatable bonds is 5. The summed E-state index contributed by atoms with van der Waals surface area (Å²) in [6.45, 7) is 5.32. The summed E-state index contributed by atoms with van der Waals surface area (Å²) in [5.74, 6) is 1.82. The first-order valence-electron chi connectivity index (χ1n) is 11.3. The Morgan fingerprint density at radius 1 is 1.19 bits per heavy atom. The van der Waals surface area contributed by atoms with Crippen molar-refractivity contribution in [3.05, 3.63) is 5.69 Å². The molecule has 1 aromatic heterocycles. The lowest BCUT2D eigenvalue weighted by Crippen LogP contribution is -2.54. The predicted octanol–water partition coefficient (Wildman–Crippen LogP) is 0.674. The number of nitrogens with zero attached hydrogens (tertiary/aromatic N) is 4. The first-order chi connectivity index (χ1) is 15.5. The van der Waals surface area contributed by atoms with Gasteiger partial charge in [0.05, 0.1) is 19.0 Å². The third kappa shape index (κ3) is 4.38. The highest BCUT2D eigenvalue weighted by Gasteiger charge is 2.41. The number of likely N-dealkylation sites (tertiary alicyclic amines) is 1. The van der Waals surface area contributed by atoms with Crippen molar-refractivity contribution in [2.75, 3.05) is 55.4 Å². The van der Waals surface area contributed by atoms with Crippen molar-refractivity contribution >= 4 is 34.8 Å². The average Bonchev–Trinajstić information content (AvgIpc) is 3.38. The van der Waals surface area contributed by atoms with Gasteiger partial charge < -0.3 is 24.6 Å². The fourth-order valence-electron chi connectivity index (χ4n) is 4.66. The number of hydrogen-bond acceptors (Lipinski definition) is 9. The third-order valence-corrected chi connectivity index (χ3v) is 8.13. The highest BCUT2D eigenvalue weighted by Crippen LogP contribution is 2.34. The molecule has 1 unspecified atom stereocenters. The Morgan fingerprint density at radius 3 is 2.69 bits per heavy atom. The molecule has 5 rings (SSSR count). The van der Waals surface area contributed by atoms with Gasteiger partial charge in [-0.25, -0.2) is 4.98 Å². The van der Waals surface area contributed by atoms with Crippen LogP contribution in [0.5, 0.6) is 0 Å². The van der Waals surface area contributed by atoms with Crippen LogP contribution < -0.4 is 10.2 Å². The van der Waals surface area contributed by atoms with Crippen LogP contribution in [0, 0.1) is 5.92 Å². The molecule has 5 heterocycles. The van der Waals surface area contributed by atoms with Crippen molar-refractivity contribution in [3.8, 4) is 0 Å². The van der Waals surface area contributed by atoms with Gasteiger partial charge >= 0.3 is 5.97 Å². The molecule has 0 aliphatic carbocycles. The molecule has 3 saturated heterocycles. The molecule has 0 aromatic carbocycles. The fraction of sp³-hybridized carbons (Fsp3) is 0.714. The van der Waals surface area contributed by atoms with Crippen molar-refractivity contribution < 1.29 is 23.6 Å². The zero-order valence-corrected chi connectivity index (χ0v) is 19.1. The second kappa shape index (κ2) is 9.03. The number of hydrogen-bond donors (Lipinski definition) is 2. The lowest BCUT2D eigenvalue weighted by Gasteiger charge is -2.39. The third-order valence-electron chi connectivity index (χ3n) is 6.63. The number of fused-ring (bicyclic) bond motifs is 1. The monoisotopic (exact) mass is 464 g/mol. The van der Waals surface area contributed by atoms with E-state index in [1.165, 1.54) is 0 Å². The maximum Gasteiger partial charge on any atom is 0.309 e. The van der Waals surface area contributed by atoms with Gasteiger partial charge in [0, 0.05) is 45.7 Å². The molecule has 3 fully saturated rings. The van der Waals surface area contributed by atoms with E-state index in [0.717, 1.165) is 42.8 Å². The number of aryl methyl sites for hydroxylation is 1. The van der Waals surface area contributed by atoms with Gasteiger partial charge in [0.25, 0.3) is 4.90 Å². The van der Waals surface area contributed by atoms with Gasteiger partial charge in [-0.3, -0.25) is 9.59 Å². The summed E-state index contributed by atoms with van der Waals surface area (Å²) in [6.07, 6.45) is 2.87. The zero-order chi connectivity index (χ0) is 22.2. The van der Waals surface area contributed by atoms with E-state index in [0.29, 0.717) is 50.4 Å². The van der Waals surface area contributed by atoms with E-state index in [2.05, 4.69) is 5.32 Å². The van der Waals surface area contributed by atoms with Crippen LogP contribution in [0.3, 0.4) is 0 Å². The lowest BCUT2D eigenvalue weighted by atomic mass is 10.0. The molecule has 2 N–H and O–H groups in total. The molecular weight excluding hydrogens is 434 g/mol. The summed E-state index contributed by atoms with van der Waals surface area (Å²) in [4.78, 5) is 38.1. The number of amides is 1. The number of aromatic nitrogens is 2. The Labute approximate surface area is 190 Å².